The topological polar surface area (TPSA) is 75.7 Å². The molecular formula is C24H32N2O4S. The number of rotatable bonds is 7. The number of aryl methyl sites for hydroxylation is 2. The molecule has 31 heavy (non-hydrogen) atoms. The van der Waals surface area contributed by atoms with E-state index in [1.165, 1.54) is 23.5 Å². The minimum atomic E-state index is -3.67. The lowest BCUT2D eigenvalue weighted by Crippen LogP contribution is -2.32. The van der Waals surface area contributed by atoms with E-state index in [1.807, 2.05) is 32.0 Å². The van der Waals surface area contributed by atoms with Crippen LogP contribution in [0, 0.1) is 0 Å². The van der Waals surface area contributed by atoms with Crippen LogP contribution >= 0.6 is 0 Å². The summed E-state index contributed by atoms with van der Waals surface area (Å²) in [5.41, 5.74) is 3.09. The third-order valence-corrected chi connectivity index (χ3v) is 7.75. The molecule has 2 aromatic rings. The van der Waals surface area contributed by atoms with Crippen LogP contribution in [0.4, 0.5) is 5.69 Å². The third kappa shape index (κ3) is 5.10. The van der Waals surface area contributed by atoms with Crippen LogP contribution < -0.4 is 10.1 Å². The van der Waals surface area contributed by atoms with Crippen LogP contribution in [0.5, 0.6) is 5.75 Å². The number of anilines is 1. The van der Waals surface area contributed by atoms with Gasteiger partial charge in [-0.3, -0.25) is 4.79 Å². The molecule has 7 heteroatoms. The molecule has 1 N–H and O–H groups in total. The molecule has 0 spiro atoms. The van der Waals surface area contributed by atoms with Crippen molar-refractivity contribution in [3.05, 3.63) is 53.1 Å². The molecule has 1 heterocycles. The monoisotopic (exact) mass is 444 g/mol. The van der Waals surface area contributed by atoms with Crippen LogP contribution in [0.1, 0.15) is 61.0 Å². The maximum absolute atomic E-state index is 13.2. The number of methoxy groups -OCH3 is 1. The number of ether oxygens (including phenoxy) is 1. The molecule has 0 aliphatic carbocycles. The Kier molecular flexibility index (Phi) is 7.73. The van der Waals surface area contributed by atoms with Gasteiger partial charge in [0.2, 0.25) is 10.0 Å². The summed E-state index contributed by atoms with van der Waals surface area (Å²) in [6.07, 6.45) is 5.36. The van der Waals surface area contributed by atoms with Gasteiger partial charge in [-0.05, 0) is 55.0 Å². The van der Waals surface area contributed by atoms with Crippen molar-refractivity contribution in [3.8, 4) is 5.75 Å². The zero-order chi connectivity index (χ0) is 22.4. The van der Waals surface area contributed by atoms with E-state index >= 15 is 0 Å². The highest BCUT2D eigenvalue weighted by molar-refractivity contribution is 7.89. The van der Waals surface area contributed by atoms with Gasteiger partial charge in [0.25, 0.3) is 5.91 Å². The lowest BCUT2D eigenvalue weighted by molar-refractivity contribution is 0.102. The van der Waals surface area contributed by atoms with Crippen molar-refractivity contribution in [2.75, 3.05) is 25.5 Å². The molecule has 0 atom stereocenters. The third-order valence-electron chi connectivity index (χ3n) is 5.86. The quantitative estimate of drug-likeness (QED) is 0.675. The van der Waals surface area contributed by atoms with Crippen LogP contribution in [0.25, 0.3) is 0 Å². The first kappa shape index (κ1) is 23.3. The maximum atomic E-state index is 13.2. The van der Waals surface area contributed by atoms with Gasteiger partial charge in [-0.1, -0.05) is 44.9 Å². The zero-order valence-electron chi connectivity index (χ0n) is 18.6. The maximum Gasteiger partial charge on any atom is 0.259 e. The van der Waals surface area contributed by atoms with Crippen molar-refractivity contribution in [1.82, 2.24) is 4.31 Å². The number of nitrogens with zero attached hydrogens (tertiary/aromatic N) is 1. The average molecular weight is 445 g/mol. The van der Waals surface area contributed by atoms with Crippen molar-refractivity contribution in [3.63, 3.8) is 0 Å². The summed E-state index contributed by atoms with van der Waals surface area (Å²) in [6, 6.07) is 10.5. The second-order valence-electron chi connectivity index (χ2n) is 7.79. The lowest BCUT2D eigenvalue weighted by atomic mass is 10.0. The summed E-state index contributed by atoms with van der Waals surface area (Å²) in [4.78, 5) is 13.4. The van der Waals surface area contributed by atoms with E-state index < -0.39 is 10.0 Å². The molecule has 0 bridgehead atoms. The first-order valence-corrected chi connectivity index (χ1v) is 12.5. The summed E-state index contributed by atoms with van der Waals surface area (Å²) in [7, 11) is -2.19. The summed E-state index contributed by atoms with van der Waals surface area (Å²) >= 11 is 0. The van der Waals surface area contributed by atoms with Gasteiger partial charge in [0, 0.05) is 18.8 Å². The largest absolute Gasteiger partial charge is 0.496 e. The Labute approximate surface area is 185 Å². The molecule has 1 saturated heterocycles. The van der Waals surface area contributed by atoms with Crippen LogP contribution in [-0.4, -0.2) is 38.8 Å². The van der Waals surface area contributed by atoms with E-state index in [0.717, 1.165) is 55.3 Å². The number of sulfonamides is 1. The number of hydrogen-bond donors (Lipinski definition) is 1. The molecule has 1 aliphatic heterocycles. The van der Waals surface area contributed by atoms with Gasteiger partial charge in [0.05, 0.1) is 17.6 Å². The average Bonchev–Trinajstić information content (AvgIpc) is 3.09. The second-order valence-corrected chi connectivity index (χ2v) is 9.73. The Morgan fingerprint density at radius 1 is 1.00 bits per heavy atom. The number of carbonyl (C=O) groups excluding carboxylic acids is 1. The molecule has 0 radical (unpaired) electrons. The lowest BCUT2D eigenvalue weighted by Gasteiger charge is -2.21. The summed E-state index contributed by atoms with van der Waals surface area (Å²) in [5.74, 6) is -0.0280. The fourth-order valence-corrected chi connectivity index (χ4v) is 5.58. The Balaban J connectivity index is 1.97. The Morgan fingerprint density at radius 3 is 2.16 bits per heavy atom. The highest BCUT2D eigenvalue weighted by atomic mass is 32.2. The molecule has 168 valence electrons. The molecule has 3 rings (SSSR count). The number of para-hydroxylation sites is 1. The van der Waals surface area contributed by atoms with Crippen molar-refractivity contribution in [2.45, 2.75) is 57.3 Å². The normalized spacial score (nSPS) is 15.3. The minimum Gasteiger partial charge on any atom is -0.496 e. The Bertz CT molecular complexity index is 1000. The van der Waals surface area contributed by atoms with Crippen LogP contribution in [0.15, 0.2) is 41.3 Å². The van der Waals surface area contributed by atoms with E-state index in [0.29, 0.717) is 18.8 Å². The van der Waals surface area contributed by atoms with Gasteiger partial charge in [0.1, 0.15) is 5.75 Å². The predicted octanol–water partition coefficient (Wildman–Crippen LogP) is 4.64. The standard InChI is InChI=1S/C24H32N2O4S/c1-4-18-11-10-12-19(5-2)23(18)25-24(27)21-17-20(13-14-22(21)30-3)31(28,29)26-15-8-6-7-9-16-26/h10-14,17H,4-9,15-16H2,1-3H3,(H,25,27). The van der Waals surface area contributed by atoms with Crippen LogP contribution in [0.2, 0.25) is 0 Å². The second kappa shape index (κ2) is 10.3. The minimum absolute atomic E-state index is 0.125. The van der Waals surface area contributed by atoms with Crippen molar-refractivity contribution in [1.29, 1.82) is 0 Å². The van der Waals surface area contributed by atoms with E-state index in [9.17, 15) is 13.2 Å². The molecule has 1 amide bonds. The molecule has 1 aliphatic rings. The van der Waals surface area contributed by atoms with Crippen molar-refractivity contribution < 1.29 is 17.9 Å². The molecule has 2 aromatic carbocycles. The summed E-state index contributed by atoms with van der Waals surface area (Å²) < 4.78 is 33.4. The van der Waals surface area contributed by atoms with Gasteiger partial charge >= 0.3 is 0 Å². The van der Waals surface area contributed by atoms with Gasteiger partial charge < -0.3 is 10.1 Å². The van der Waals surface area contributed by atoms with Gasteiger partial charge in [0.15, 0.2) is 0 Å². The van der Waals surface area contributed by atoms with E-state index in [4.69, 9.17) is 4.74 Å². The molecule has 1 fully saturated rings. The molecule has 0 unspecified atom stereocenters. The fourth-order valence-electron chi connectivity index (χ4n) is 4.04. The molecule has 0 aromatic heterocycles. The van der Waals surface area contributed by atoms with E-state index in [1.54, 1.807) is 6.07 Å². The van der Waals surface area contributed by atoms with Crippen LogP contribution in [0.3, 0.4) is 0 Å². The highest BCUT2D eigenvalue weighted by Gasteiger charge is 2.27. The smallest absolute Gasteiger partial charge is 0.259 e. The Morgan fingerprint density at radius 2 is 1.61 bits per heavy atom. The first-order valence-electron chi connectivity index (χ1n) is 11.0. The predicted molar refractivity (Wildman–Crippen MR) is 123 cm³/mol. The fraction of sp³-hybridized carbons (Fsp3) is 0.458. The van der Waals surface area contributed by atoms with Crippen LogP contribution in [-0.2, 0) is 22.9 Å². The number of hydrogen-bond acceptors (Lipinski definition) is 4. The molecular weight excluding hydrogens is 412 g/mol. The Hall–Kier alpha value is -2.38. The van der Waals surface area contributed by atoms with E-state index in [-0.39, 0.29) is 16.4 Å². The van der Waals surface area contributed by atoms with Gasteiger partial charge in [-0.25, -0.2) is 8.42 Å². The van der Waals surface area contributed by atoms with Crippen molar-refractivity contribution >= 4 is 21.6 Å². The zero-order valence-corrected chi connectivity index (χ0v) is 19.4. The SMILES string of the molecule is CCc1cccc(CC)c1NC(=O)c1cc(S(=O)(=O)N2CCCCCC2)ccc1OC. The van der Waals surface area contributed by atoms with Gasteiger partial charge in [-0.15, -0.1) is 0 Å². The number of nitrogens with one attached hydrogen (secondary N) is 1. The number of amides is 1. The highest BCUT2D eigenvalue weighted by Crippen LogP contribution is 2.29. The van der Waals surface area contributed by atoms with E-state index in [2.05, 4.69) is 5.32 Å². The first-order chi connectivity index (χ1) is 14.9. The molecule has 0 saturated carbocycles. The van der Waals surface area contributed by atoms with Gasteiger partial charge in [-0.2, -0.15) is 4.31 Å². The summed E-state index contributed by atoms with van der Waals surface area (Å²) in [6.45, 7) is 5.11. The number of benzene rings is 2. The number of carbonyl (C=O) groups is 1. The molecule has 6 nitrogen and oxygen atoms in total. The van der Waals surface area contributed by atoms with Crippen molar-refractivity contribution in [2.24, 2.45) is 0 Å². The summed E-state index contributed by atoms with van der Waals surface area (Å²) in [5, 5.41) is 3.01.